The quantitative estimate of drug-likeness (QED) is 0.767. The predicted octanol–water partition coefficient (Wildman–Crippen LogP) is 2.28. The minimum atomic E-state index is -0.999. The Balaban J connectivity index is 1.97. The fourth-order valence-electron chi connectivity index (χ4n) is 2.16. The number of carboxylic acids is 1. The van der Waals surface area contributed by atoms with Crippen LogP contribution in [0.3, 0.4) is 0 Å². The molecule has 0 atom stereocenters. The molecule has 6 nitrogen and oxygen atoms in total. The van der Waals surface area contributed by atoms with Crippen LogP contribution in [0.4, 0.5) is 5.82 Å². The first kappa shape index (κ1) is 13.1. The highest BCUT2D eigenvalue weighted by Crippen LogP contribution is 2.21. The molecule has 1 aromatic carbocycles. The second-order valence-corrected chi connectivity index (χ2v) is 4.68. The van der Waals surface area contributed by atoms with Gasteiger partial charge in [-0.05, 0) is 18.2 Å². The van der Waals surface area contributed by atoms with Crippen molar-refractivity contribution in [3.63, 3.8) is 0 Å². The van der Waals surface area contributed by atoms with Crippen molar-refractivity contribution in [2.45, 2.75) is 6.54 Å². The maximum atomic E-state index is 11.4. The van der Waals surface area contributed by atoms with E-state index in [0.29, 0.717) is 12.4 Å². The molecule has 0 aliphatic rings. The third-order valence-electron chi connectivity index (χ3n) is 3.31. The number of fused-ring (bicyclic) bond motifs is 1. The highest BCUT2D eigenvalue weighted by atomic mass is 16.4. The van der Waals surface area contributed by atoms with E-state index in [1.165, 1.54) is 0 Å². The normalized spacial score (nSPS) is 10.7. The Hall–Kier alpha value is -2.89. The van der Waals surface area contributed by atoms with Crippen molar-refractivity contribution >= 4 is 22.7 Å². The predicted molar refractivity (Wildman–Crippen MR) is 79.2 cm³/mol. The highest BCUT2D eigenvalue weighted by molar-refractivity contribution is 5.98. The monoisotopic (exact) mass is 282 g/mol. The molecule has 0 saturated heterocycles. The summed E-state index contributed by atoms with van der Waals surface area (Å²) < 4.78 is 1.73. The van der Waals surface area contributed by atoms with Gasteiger partial charge in [0.1, 0.15) is 11.4 Å². The first-order valence-electron chi connectivity index (χ1n) is 6.49. The maximum absolute atomic E-state index is 11.4. The van der Waals surface area contributed by atoms with Gasteiger partial charge in [-0.3, -0.25) is 4.68 Å². The average Bonchev–Trinajstić information content (AvgIpc) is 2.89. The molecule has 3 rings (SSSR count). The summed E-state index contributed by atoms with van der Waals surface area (Å²) in [5, 5.41) is 17.3. The van der Waals surface area contributed by atoms with E-state index in [1.54, 1.807) is 16.9 Å². The summed E-state index contributed by atoms with van der Waals surface area (Å²) in [4.78, 5) is 15.8. The number of aryl methyl sites for hydroxylation is 1. The van der Waals surface area contributed by atoms with Gasteiger partial charge >= 0.3 is 5.97 Å². The van der Waals surface area contributed by atoms with E-state index < -0.39 is 5.97 Å². The lowest BCUT2D eigenvalue weighted by Crippen LogP contribution is -2.11. The Labute approximate surface area is 121 Å². The fourth-order valence-corrected chi connectivity index (χ4v) is 2.16. The van der Waals surface area contributed by atoms with Crippen LogP contribution < -0.4 is 5.32 Å². The number of benzene rings is 1. The number of carboxylic acid groups (broad SMARTS) is 1. The van der Waals surface area contributed by atoms with Crippen LogP contribution in [0.1, 0.15) is 16.1 Å². The Morgan fingerprint density at radius 1 is 1.33 bits per heavy atom. The van der Waals surface area contributed by atoms with Gasteiger partial charge in [-0.25, -0.2) is 9.78 Å². The zero-order valence-electron chi connectivity index (χ0n) is 11.4. The van der Waals surface area contributed by atoms with Crippen molar-refractivity contribution in [3.8, 4) is 0 Å². The summed E-state index contributed by atoms with van der Waals surface area (Å²) in [5.74, 6) is -0.636. The lowest BCUT2D eigenvalue weighted by molar-refractivity contribution is 0.0697. The summed E-state index contributed by atoms with van der Waals surface area (Å²) in [6, 6.07) is 10.9. The van der Waals surface area contributed by atoms with Crippen molar-refractivity contribution < 1.29 is 9.90 Å². The average molecular weight is 282 g/mol. The third kappa shape index (κ3) is 2.55. The second kappa shape index (κ2) is 5.24. The van der Waals surface area contributed by atoms with Gasteiger partial charge in [0, 0.05) is 18.6 Å². The fraction of sp³-hybridized carbons (Fsp3) is 0.133. The van der Waals surface area contributed by atoms with Crippen LogP contribution in [0.5, 0.6) is 0 Å². The van der Waals surface area contributed by atoms with Gasteiger partial charge in [0.2, 0.25) is 0 Å². The Bertz CT molecular complexity index is 810. The molecule has 0 fully saturated rings. The Kier molecular flexibility index (Phi) is 3.27. The molecule has 0 amide bonds. The van der Waals surface area contributed by atoms with E-state index >= 15 is 0 Å². The molecule has 0 saturated carbocycles. The lowest BCUT2D eigenvalue weighted by Gasteiger charge is -2.10. The largest absolute Gasteiger partial charge is 0.478 e. The van der Waals surface area contributed by atoms with Crippen LogP contribution >= 0.6 is 0 Å². The van der Waals surface area contributed by atoms with Crippen molar-refractivity contribution in [2.75, 3.05) is 5.32 Å². The summed E-state index contributed by atoms with van der Waals surface area (Å²) >= 11 is 0. The van der Waals surface area contributed by atoms with Gasteiger partial charge in [0.15, 0.2) is 0 Å². The van der Waals surface area contributed by atoms with Crippen molar-refractivity contribution in [3.05, 3.63) is 53.9 Å². The second-order valence-electron chi connectivity index (χ2n) is 4.68. The van der Waals surface area contributed by atoms with Gasteiger partial charge in [0.05, 0.1) is 17.8 Å². The zero-order valence-corrected chi connectivity index (χ0v) is 11.4. The van der Waals surface area contributed by atoms with E-state index in [1.807, 2.05) is 37.4 Å². The SMILES string of the molecule is Cn1nccc1CNc1nc2ccccc2cc1C(=O)O. The first-order chi connectivity index (χ1) is 10.1. The molecule has 0 bridgehead atoms. The zero-order chi connectivity index (χ0) is 14.8. The lowest BCUT2D eigenvalue weighted by atomic mass is 10.1. The van der Waals surface area contributed by atoms with Crippen LogP contribution in [0.25, 0.3) is 10.9 Å². The van der Waals surface area contributed by atoms with Crippen LogP contribution in [-0.2, 0) is 13.6 Å². The highest BCUT2D eigenvalue weighted by Gasteiger charge is 2.13. The number of anilines is 1. The number of nitrogens with zero attached hydrogens (tertiary/aromatic N) is 3. The van der Waals surface area contributed by atoms with E-state index in [2.05, 4.69) is 15.4 Å². The van der Waals surface area contributed by atoms with E-state index in [4.69, 9.17) is 0 Å². The number of aromatic nitrogens is 3. The molecule has 2 aromatic heterocycles. The minimum Gasteiger partial charge on any atom is -0.478 e. The van der Waals surface area contributed by atoms with Gasteiger partial charge < -0.3 is 10.4 Å². The van der Waals surface area contributed by atoms with E-state index in [0.717, 1.165) is 16.6 Å². The first-order valence-corrected chi connectivity index (χ1v) is 6.49. The molecule has 0 spiro atoms. The number of pyridine rings is 1. The summed E-state index contributed by atoms with van der Waals surface area (Å²) in [6.45, 7) is 0.460. The van der Waals surface area contributed by atoms with Crippen molar-refractivity contribution in [1.29, 1.82) is 0 Å². The van der Waals surface area contributed by atoms with Gasteiger partial charge in [0.25, 0.3) is 0 Å². The summed E-state index contributed by atoms with van der Waals surface area (Å²) in [7, 11) is 1.84. The number of para-hydroxylation sites is 1. The van der Waals surface area contributed by atoms with Crippen LogP contribution in [0, 0.1) is 0 Å². The van der Waals surface area contributed by atoms with Gasteiger partial charge in [-0.1, -0.05) is 18.2 Å². The van der Waals surface area contributed by atoms with E-state index in [-0.39, 0.29) is 5.56 Å². The molecule has 0 aliphatic heterocycles. The molecule has 0 radical (unpaired) electrons. The molecule has 3 aromatic rings. The molecular weight excluding hydrogens is 268 g/mol. The molecule has 0 unspecified atom stereocenters. The number of hydrogen-bond acceptors (Lipinski definition) is 4. The summed E-state index contributed by atoms with van der Waals surface area (Å²) in [5.41, 5.74) is 1.87. The molecule has 2 N–H and O–H groups in total. The molecule has 2 heterocycles. The number of hydrogen-bond donors (Lipinski definition) is 2. The van der Waals surface area contributed by atoms with E-state index in [9.17, 15) is 9.90 Å². The maximum Gasteiger partial charge on any atom is 0.339 e. The number of nitrogens with one attached hydrogen (secondary N) is 1. The number of aromatic carboxylic acids is 1. The minimum absolute atomic E-state index is 0.163. The number of carbonyl (C=O) groups is 1. The molecule has 106 valence electrons. The Morgan fingerprint density at radius 2 is 2.14 bits per heavy atom. The molecule has 0 aliphatic carbocycles. The van der Waals surface area contributed by atoms with Crippen molar-refractivity contribution in [2.24, 2.45) is 7.05 Å². The van der Waals surface area contributed by atoms with Gasteiger partial charge in [-0.15, -0.1) is 0 Å². The third-order valence-corrected chi connectivity index (χ3v) is 3.31. The molecular formula is C15H14N4O2. The molecule has 21 heavy (non-hydrogen) atoms. The topological polar surface area (TPSA) is 80.0 Å². The number of rotatable bonds is 4. The molecule has 6 heteroatoms. The van der Waals surface area contributed by atoms with Crippen LogP contribution in [0.15, 0.2) is 42.6 Å². The standard InChI is InChI=1S/C15H14N4O2/c1-19-11(6-7-17-19)9-16-14-12(15(20)21)8-10-4-2-3-5-13(10)18-14/h2-8H,9H2,1H3,(H,16,18)(H,20,21). The van der Waals surface area contributed by atoms with Crippen molar-refractivity contribution in [1.82, 2.24) is 14.8 Å². The van der Waals surface area contributed by atoms with Gasteiger partial charge in [-0.2, -0.15) is 5.10 Å². The van der Waals surface area contributed by atoms with Crippen LogP contribution in [0.2, 0.25) is 0 Å². The summed E-state index contributed by atoms with van der Waals surface area (Å²) in [6.07, 6.45) is 1.70. The Morgan fingerprint density at radius 3 is 2.86 bits per heavy atom. The van der Waals surface area contributed by atoms with Crippen LogP contribution in [-0.4, -0.2) is 25.8 Å². The smallest absolute Gasteiger partial charge is 0.339 e.